The summed E-state index contributed by atoms with van der Waals surface area (Å²) >= 11 is 11.8. The number of benzene rings is 1. The van der Waals surface area contributed by atoms with Crippen molar-refractivity contribution in [1.82, 2.24) is 0 Å². The topological polar surface area (TPSA) is 17.1 Å². The highest BCUT2D eigenvalue weighted by Gasteiger charge is 2.28. The Balaban J connectivity index is 2.69. The number of carbonyl (C=O) groups excluding carboxylic acids is 1. The van der Waals surface area contributed by atoms with Gasteiger partial charge in [-0.2, -0.15) is 0 Å². The van der Waals surface area contributed by atoms with Crippen molar-refractivity contribution in [1.29, 1.82) is 0 Å². The van der Waals surface area contributed by atoms with E-state index in [1.165, 1.54) is 0 Å². The summed E-state index contributed by atoms with van der Waals surface area (Å²) in [6.45, 7) is 2.00. The van der Waals surface area contributed by atoms with Crippen LogP contribution in [0.2, 0.25) is 10.0 Å². The molecular formula is C10H8Cl2O. The lowest BCUT2D eigenvalue weighted by Crippen LogP contribution is -1.90. The predicted octanol–water partition coefficient (Wildman–Crippen LogP) is 3.68. The molecule has 1 aromatic rings. The Labute approximate surface area is 86.7 Å². The number of rotatable bonds is 0. The molecule has 0 N–H and O–H groups in total. The van der Waals surface area contributed by atoms with E-state index in [0.717, 1.165) is 5.56 Å². The molecule has 3 heteroatoms. The maximum absolute atomic E-state index is 11.5. The smallest absolute Gasteiger partial charge is 0.163 e. The van der Waals surface area contributed by atoms with E-state index in [1.807, 2.05) is 6.92 Å². The van der Waals surface area contributed by atoms with Crippen LogP contribution in [0.1, 0.15) is 35.2 Å². The van der Waals surface area contributed by atoms with Crippen LogP contribution in [-0.4, -0.2) is 5.78 Å². The van der Waals surface area contributed by atoms with Crippen LogP contribution in [0.3, 0.4) is 0 Å². The second-order valence-electron chi connectivity index (χ2n) is 3.38. The molecule has 68 valence electrons. The second kappa shape index (κ2) is 3.00. The summed E-state index contributed by atoms with van der Waals surface area (Å²) in [5, 5.41) is 1.15. The van der Waals surface area contributed by atoms with Crippen LogP contribution < -0.4 is 0 Å². The predicted molar refractivity (Wildman–Crippen MR) is 53.8 cm³/mol. The molecule has 0 saturated carbocycles. The molecule has 0 heterocycles. The Morgan fingerprint density at radius 3 is 2.77 bits per heavy atom. The van der Waals surface area contributed by atoms with Crippen LogP contribution >= 0.6 is 23.2 Å². The van der Waals surface area contributed by atoms with Crippen molar-refractivity contribution in [2.45, 2.75) is 19.3 Å². The first-order valence-electron chi connectivity index (χ1n) is 4.11. The van der Waals surface area contributed by atoms with E-state index in [-0.39, 0.29) is 11.7 Å². The van der Waals surface area contributed by atoms with Crippen molar-refractivity contribution in [2.75, 3.05) is 0 Å². The van der Waals surface area contributed by atoms with Gasteiger partial charge in [-0.3, -0.25) is 4.79 Å². The number of fused-ring (bicyclic) bond motifs is 1. The summed E-state index contributed by atoms with van der Waals surface area (Å²) in [5.41, 5.74) is 1.65. The molecule has 0 radical (unpaired) electrons. The first kappa shape index (κ1) is 9.04. The van der Waals surface area contributed by atoms with Gasteiger partial charge in [0, 0.05) is 22.0 Å². The van der Waals surface area contributed by atoms with E-state index in [4.69, 9.17) is 23.2 Å². The van der Waals surface area contributed by atoms with Gasteiger partial charge in [-0.05, 0) is 23.6 Å². The van der Waals surface area contributed by atoms with E-state index in [2.05, 4.69) is 0 Å². The van der Waals surface area contributed by atoms with Crippen LogP contribution in [0.15, 0.2) is 12.1 Å². The summed E-state index contributed by atoms with van der Waals surface area (Å²) in [7, 11) is 0. The van der Waals surface area contributed by atoms with Gasteiger partial charge in [-0.1, -0.05) is 30.1 Å². The number of hydrogen-bond acceptors (Lipinski definition) is 1. The maximum atomic E-state index is 11.5. The fourth-order valence-electron chi connectivity index (χ4n) is 1.81. The van der Waals surface area contributed by atoms with Crippen LogP contribution in [0.4, 0.5) is 0 Å². The summed E-state index contributed by atoms with van der Waals surface area (Å²) < 4.78 is 0. The third-order valence-corrected chi connectivity index (χ3v) is 2.91. The van der Waals surface area contributed by atoms with Gasteiger partial charge in [0.25, 0.3) is 0 Å². The second-order valence-corrected chi connectivity index (χ2v) is 4.22. The van der Waals surface area contributed by atoms with Crippen LogP contribution in [0, 0.1) is 0 Å². The van der Waals surface area contributed by atoms with E-state index < -0.39 is 0 Å². The molecule has 0 unspecified atom stereocenters. The fraction of sp³-hybridized carbons (Fsp3) is 0.300. The molecule has 2 rings (SSSR count). The molecule has 0 spiro atoms. The minimum atomic E-state index is 0.145. The molecule has 0 aliphatic heterocycles. The van der Waals surface area contributed by atoms with Crippen molar-refractivity contribution >= 4 is 29.0 Å². The first-order chi connectivity index (χ1) is 6.09. The average Bonchev–Trinajstić information content (AvgIpc) is 2.27. The van der Waals surface area contributed by atoms with Crippen molar-refractivity contribution in [2.24, 2.45) is 0 Å². The molecular weight excluding hydrogens is 207 g/mol. The summed E-state index contributed by atoms with van der Waals surface area (Å²) in [4.78, 5) is 11.5. The summed E-state index contributed by atoms with van der Waals surface area (Å²) in [6.07, 6.45) is 0.551. The Morgan fingerprint density at radius 2 is 2.08 bits per heavy atom. The minimum Gasteiger partial charge on any atom is -0.294 e. The zero-order valence-electron chi connectivity index (χ0n) is 7.10. The Morgan fingerprint density at radius 1 is 1.38 bits per heavy atom. The quantitative estimate of drug-likeness (QED) is 0.645. The first-order valence-corrected chi connectivity index (χ1v) is 4.87. The zero-order chi connectivity index (χ0) is 9.59. The minimum absolute atomic E-state index is 0.145. The summed E-state index contributed by atoms with van der Waals surface area (Å²) in [6, 6.07) is 3.39. The fourth-order valence-corrected chi connectivity index (χ4v) is 2.49. The highest BCUT2D eigenvalue weighted by Crippen LogP contribution is 2.39. The Kier molecular flexibility index (Phi) is 2.09. The molecule has 1 aliphatic carbocycles. The normalized spacial score (nSPS) is 20.5. The van der Waals surface area contributed by atoms with Gasteiger partial charge < -0.3 is 0 Å². The monoisotopic (exact) mass is 214 g/mol. The molecule has 1 aliphatic rings. The largest absolute Gasteiger partial charge is 0.294 e. The molecule has 1 aromatic carbocycles. The van der Waals surface area contributed by atoms with Crippen LogP contribution in [0.5, 0.6) is 0 Å². The van der Waals surface area contributed by atoms with E-state index in [1.54, 1.807) is 12.1 Å². The molecule has 0 aromatic heterocycles. The standard InChI is InChI=1S/C10H8Cl2O/c1-5-2-9(13)7-3-6(11)4-8(12)10(5)7/h3-5H,2H2,1H3/t5-/m0/s1. The molecule has 1 nitrogen and oxygen atoms in total. The van der Waals surface area contributed by atoms with E-state index in [0.29, 0.717) is 22.0 Å². The number of carbonyl (C=O) groups is 1. The lowest BCUT2D eigenvalue weighted by atomic mass is 10.0. The lowest BCUT2D eigenvalue weighted by molar-refractivity contribution is 0.0990. The van der Waals surface area contributed by atoms with Crippen molar-refractivity contribution in [3.05, 3.63) is 33.3 Å². The van der Waals surface area contributed by atoms with E-state index >= 15 is 0 Å². The van der Waals surface area contributed by atoms with Gasteiger partial charge in [0.15, 0.2) is 5.78 Å². The maximum Gasteiger partial charge on any atom is 0.163 e. The molecule has 0 fully saturated rings. The molecule has 0 bridgehead atoms. The number of hydrogen-bond donors (Lipinski definition) is 0. The van der Waals surface area contributed by atoms with Gasteiger partial charge in [-0.15, -0.1) is 0 Å². The zero-order valence-corrected chi connectivity index (χ0v) is 8.62. The third-order valence-electron chi connectivity index (χ3n) is 2.38. The van der Waals surface area contributed by atoms with Crippen LogP contribution in [-0.2, 0) is 0 Å². The van der Waals surface area contributed by atoms with Crippen molar-refractivity contribution < 1.29 is 4.79 Å². The van der Waals surface area contributed by atoms with E-state index in [9.17, 15) is 4.79 Å². The van der Waals surface area contributed by atoms with Crippen molar-refractivity contribution in [3.8, 4) is 0 Å². The van der Waals surface area contributed by atoms with Gasteiger partial charge >= 0.3 is 0 Å². The lowest BCUT2D eigenvalue weighted by Gasteiger charge is -2.05. The van der Waals surface area contributed by atoms with Gasteiger partial charge in [0.1, 0.15) is 0 Å². The molecule has 0 amide bonds. The summed E-state index contributed by atoms with van der Waals surface area (Å²) in [5.74, 6) is 0.374. The average molecular weight is 215 g/mol. The van der Waals surface area contributed by atoms with Gasteiger partial charge in [0.2, 0.25) is 0 Å². The number of Topliss-reactive ketones (excluding diaryl/α,β-unsaturated/α-hetero) is 1. The number of ketones is 1. The Hall–Kier alpha value is -0.530. The molecule has 0 saturated heterocycles. The third kappa shape index (κ3) is 1.36. The van der Waals surface area contributed by atoms with Crippen LogP contribution in [0.25, 0.3) is 0 Å². The SMILES string of the molecule is C[C@H]1CC(=O)c2cc(Cl)cc(Cl)c21. The van der Waals surface area contributed by atoms with Gasteiger partial charge in [-0.25, -0.2) is 0 Å². The molecule has 1 atom stereocenters. The Bertz CT molecular complexity index is 385. The highest BCUT2D eigenvalue weighted by molar-refractivity contribution is 6.36. The highest BCUT2D eigenvalue weighted by atomic mass is 35.5. The van der Waals surface area contributed by atoms with Gasteiger partial charge in [0.05, 0.1) is 0 Å². The van der Waals surface area contributed by atoms with Crippen molar-refractivity contribution in [3.63, 3.8) is 0 Å². The number of halogens is 2. The molecule has 13 heavy (non-hydrogen) atoms.